The quantitative estimate of drug-likeness (QED) is 0.326. The molecule has 0 aromatic rings. The Morgan fingerprint density at radius 1 is 1.13 bits per heavy atom. The van der Waals surface area contributed by atoms with E-state index in [1.54, 1.807) is 0 Å². The molecule has 88 valence electrons. The van der Waals surface area contributed by atoms with Gasteiger partial charge in [0, 0.05) is 0 Å². The fraction of sp³-hybridized carbons (Fsp3) is 0.500. The lowest BCUT2D eigenvalue weighted by Crippen LogP contribution is -2.54. The van der Waals surface area contributed by atoms with E-state index >= 15 is 0 Å². The Morgan fingerprint density at radius 2 is 1.53 bits per heavy atom. The van der Waals surface area contributed by atoms with Crippen LogP contribution in [0.1, 0.15) is 6.42 Å². The second-order valence-corrected chi connectivity index (χ2v) is 2.54. The number of aliphatic hydroxyl groups is 2. The Hall–Kier alpha value is -1.71. The largest absolute Gasteiger partial charge is 0.481 e. The highest BCUT2D eigenvalue weighted by Gasteiger charge is 2.49. The molecule has 0 saturated heterocycles. The van der Waals surface area contributed by atoms with Crippen LogP contribution in [0.5, 0.6) is 0 Å². The third-order valence-corrected chi connectivity index (χ3v) is 1.48. The van der Waals surface area contributed by atoms with Gasteiger partial charge in [-0.1, -0.05) is 0 Å². The summed E-state index contributed by atoms with van der Waals surface area (Å²) in [6, 6.07) is 0. The van der Waals surface area contributed by atoms with E-state index < -0.39 is 36.0 Å². The topological polar surface area (TPSA) is 184 Å². The molecule has 0 bridgehead atoms. The van der Waals surface area contributed by atoms with E-state index in [9.17, 15) is 14.4 Å². The van der Waals surface area contributed by atoms with Gasteiger partial charge in [0.15, 0.2) is 6.10 Å². The van der Waals surface area contributed by atoms with Crippen LogP contribution in [0.25, 0.3) is 0 Å². The SMILES string of the molecule is O.O=C(O)CC(O)(C(=O)O)C(O)C(=O)O. The molecule has 0 aliphatic rings. The molecule has 9 heteroatoms. The molecule has 0 fully saturated rings. The fourth-order valence-electron chi connectivity index (χ4n) is 0.724. The number of hydrogen-bond acceptors (Lipinski definition) is 5. The Kier molecular flexibility index (Phi) is 5.50. The lowest BCUT2D eigenvalue weighted by molar-refractivity contribution is -0.187. The van der Waals surface area contributed by atoms with Gasteiger partial charge in [0.1, 0.15) is 0 Å². The van der Waals surface area contributed by atoms with Gasteiger partial charge in [0.25, 0.3) is 0 Å². The molecular formula is C6H10O9. The van der Waals surface area contributed by atoms with Crippen molar-refractivity contribution in [3.8, 4) is 0 Å². The molecule has 0 saturated carbocycles. The third-order valence-electron chi connectivity index (χ3n) is 1.48. The first kappa shape index (κ1) is 15.7. The summed E-state index contributed by atoms with van der Waals surface area (Å²) in [6.07, 6.45) is -4.11. The average Bonchev–Trinajstić information content (AvgIpc) is 2.00. The average molecular weight is 226 g/mol. The molecule has 2 atom stereocenters. The van der Waals surface area contributed by atoms with Gasteiger partial charge in [-0.05, 0) is 0 Å². The van der Waals surface area contributed by atoms with Gasteiger partial charge in [-0.15, -0.1) is 0 Å². The first-order valence-electron chi connectivity index (χ1n) is 3.30. The Labute approximate surface area is 82.5 Å². The molecule has 0 aliphatic carbocycles. The maximum absolute atomic E-state index is 10.4. The molecule has 0 aromatic carbocycles. The molecule has 0 radical (unpaired) electrons. The van der Waals surface area contributed by atoms with E-state index in [0.717, 1.165) is 0 Å². The van der Waals surface area contributed by atoms with Crippen LogP contribution in [0.15, 0.2) is 0 Å². The highest BCUT2D eigenvalue weighted by Crippen LogP contribution is 2.16. The zero-order valence-corrected chi connectivity index (χ0v) is 7.25. The second kappa shape index (κ2) is 5.24. The van der Waals surface area contributed by atoms with E-state index in [4.69, 9.17) is 25.5 Å². The summed E-state index contributed by atoms with van der Waals surface area (Å²) < 4.78 is 0. The van der Waals surface area contributed by atoms with Crippen LogP contribution in [0.2, 0.25) is 0 Å². The van der Waals surface area contributed by atoms with Gasteiger partial charge < -0.3 is 31.0 Å². The highest BCUT2D eigenvalue weighted by molar-refractivity contribution is 5.90. The number of rotatable bonds is 5. The van der Waals surface area contributed by atoms with Crippen molar-refractivity contribution in [3.63, 3.8) is 0 Å². The summed E-state index contributed by atoms with van der Waals surface area (Å²) in [5.74, 6) is -5.87. The maximum atomic E-state index is 10.4. The monoisotopic (exact) mass is 226 g/mol. The normalized spacial score (nSPS) is 15.6. The van der Waals surface area contributed by atoms with Gasteiger partial charge >= 0.3 is 17.9 Å². The molecule has 0 heterocycles. The van der Waals surface area contributed by atoms with E-state index in [1.165, 1.54) is 0 Å². The Balaban J connectivity index is 0. The number of carbonyl (C=O) groups is 3. The summed E-state index contributed by atoms with van der Waals surface area (Å²) in [5, 5.41) is 42.6. The summed E-state index contributed by atoms with van der Waals surface area (Å²) in [5.41, 5.74) is -3.22. The van der Waals surface area contributed by atoms with Crippen molar-refractivity contribution < 1.29 is 45.4 Å². The van der Waals surface area contributed by atoms with Crippen LogP contribution in [-0.2, 0) is 14.4 Å². The zero-order chi connectivity index (χ0) is 11.5. The van der Waals surface area contributed by atoms with Crippen LogP contribution in [-0.4, -0.2) is 60.6 Å². The molecule has 0 aromatic heterocycles. The molecule has 15 heavy (non-hydrogen) atoms. The van der Waals surface area contributed by atoms with E-state index in [1.807, 2.05) is 0 Å². The minimum atomic E-state index is -3.22. The standard InChI is InChI=1S/C6H8O8.H2O/c7-2(8)1-6(14,5(12)13)3(9)4(10)11;/h3,9,14H,1H2,(H,7,8)(H,10,11)(H,12,13);1H2. The number of aliphatic hydroxyl groups excluding tert-OH is 1. The number of carboxylic acids is 3. The van der Waals surface area contributed by atoms with Crippen LogP contribution < -0.4 is 0 Å². The molecule has 0 rings (SSSR count). The highest BCUT2D eigenvalue weighted by atomic mass is 16.4. The van der Waals surface area contributed by atoms with Crippen molar-refractivity contribution in [1.82, 2.24) is 0 Å². The predicted molar refractivity (Wildman–Crippen MR) is 42.1 cm³/mol. The van der Waals surface area contributed by atoms with E-state index in [-0.39, 0.29) is 5.48 Å². The van der Waals surface area contributed by atoms with Gasteiger partial charge in [0.2, 0.25) is 5.60 Å². The van der Waals surface area contributed by atoms with Crippen molar-refractivity contribution in [1.29, 1.82) is 0 Å². The number of hydrogen-bond donors (Lipinski definition) is 5. The summed E-state index contributed by atoms with van der Waals surface area (Å²) in [6.45, 7) is 0. The van der Waals surface area contributed by atoms with E-state index in [2.05, 4.69) is 0 Å². The maximum Gasteiger partial charge on any atom is 0.339 e. The molecular weight excluding hydrogens is 216 g/mol. The predicted octanol–water partition coefficient (Wildman–Crippen LogP) is -3.10. The lowest BCUT2D eigenvalue weighted by atomic mass is 9.93. The first-order chi connectivity index (χ1) is 6.21. The summed E-state index contributed by atoms with van der Waals surface area (Å²) in [4.78, 5) is 30.7. The van der Waals surface area contributed by atoms with Crippen molar-refractivity contribution in [2.45, 2.75) is 18.1 Å². The van der Waals surface area contributed by atoms with Crippen molar-refractivity contribution in [2.75, 3.05) is 0 Å². The Bertz CT molecular complexity index is 272. The Morgan fingerprint density at radius 3 is 1.73 bits per heavy atom. The molecule has 9 nitrogen and oxygen atoms in total. The second-order valence-electron chi connectivity index (χ2n) is 2.54. The fourth-order valence-corrected chi connectivity index (χ4v) is 0.724. The van der Waals surface area contributed by atoms with Gasteiger partial charge in [-0.25, -0.2) is 9.59 Å². The molecule has 0 aliphatic heterocycles. The van der Waals surface area contributed by atoms with Crippen molar-refractivity contribution >= 4 is 17.9 Å². The first-order valence-corrected chi connectivity index (χ1v) is 3.30. The van der Waals surface area contributed by atoms with Gasteiger partial charge in [0.05, 0.1) is 6.42 Å². The van der Waals surface area contributed by atoms with Crippen molar-refractivity contribution in [3.05, 3.63) is 0 Å². The smallest absolute Gasteiger partial charge is 0.339 e. The van der Waals surface area contributed by atoms with Gasteiger partial charge in [-0.3, -0.25) is 4.79 Å². The minimum Gasteiger partial charge on any atom is -0.481 e. The summed E-state index contributed by atoms with van der Waals surface area (Å²) >= 11 is 0. The molecule has 0 amide bonds. The molecule has 7 N–H and O–H groups in total. The molecule has 0 spiro atoms. The number of aliphatic carboxylic acids is 3. The van der Waals surface area contributed by atoms with Crippen LogP contribution in [0, 0.1) is 0 Å². The zero-order valence-electron chi connectivity index (χ0n) is 7.25. The minimum absolute atomic E-state index is 0. The number of carboxylic acid groups (broad SMARTS) is 3. The van der Waals surface area contributed by atoms with Crippen LogP contribution in [0.4, 0.5) is 0 Å². The molecule has 2 unspecified atom stereocenters. The van der Waals surface area contributed by atoms with Gasteiger partial charge in [-0.2, -0.15) is 0 Å². The van der Waals surface area contributed by atoms with Crippen LogP contribution >= 0.6 is 0 Å². The van der Waals surface area contributed by atoms with E-state index in [0.29, 0.717) is 0 Å². The lowest BCUT2D eigenvalue weighted by Gasteiger charge is -2.23. The summed E-state index contributed by atoms with van der Waals surface area (Å²) in [7, 11) is 0. The van der Waals surface area contributed by atoms with Crippen molar-refractivity contribution in [2.24, 2.45) is 0 Å². The third kappa shape index (κ3) is 3.50. The van der Waals surface area contributed by atoms with Crippen LogP contribution in [0.3, 0.4) is 0 Å².